The Morgan fingerprint density at radius 3 is 2.71 bits per heavy atom. The average molecular weight is 274 g/mol. The van der Waals surface area contributed by atoms with Gasteiger partial charge in [-0.25, -0.2) is 4.85 Å². The van der Waals surface area contributed by atoms with E-state index in [2.05, 4.69) is 53.3 Å². The highest BCUT2D eigenvalue weighted by atomic mass is 15.4. The van der Waals surface area contributed by atoms with Gasteiger partial charge in [0.25, 0.3) is 0 Å². The second kappa shape index (κ2) is 3.95. The fraction of sp³-hybridized carbons (Fsp3) is 0.222. The van der Waals surface area contributed by atoms with Crippen molar-refractivity contribution in [1.82, 2.24) is 4.68 Å². The molecule has 3 aromatic rings. The zero-order valence-corrected chi connectivity index (χ0v) is 12.4. The van der Waals surface area contributed by atoms with Gasteiger partial charge in [-0.15, -0.1) is 9.36 Å². The molecule has 0 radical (unpaired) electrons. The summed E-state index contributed by atoms with van der Waals surface area (Å²) in [6.45, 7) is 14.6. The molecule has 0 bridgehead atoms. The van der Waals surface area contributed by atoms with E-state index in [0.717, 1.165) is 11.9 Å². The van der Waals surface area contributed by atoms with Gasteiger partial charge in [0.15, 0.2) is 12.2 Å². The molecule has 102 valence electrons. The largest absolute Gasteiger partial charge is 0.238 e. The van der Waals surface area contributed by atoms with E-state index in [1.54, 1.807) is 0 Å². The van der Waals surface area contributed by atoms with Crippen molar-refractivity contribution in [2.24, 2.45) is 0 Å². The number of nitrogens with zero attached hydrogens (tertiary/aromatic N) is 3. The molecule has 3 nitrogen and oxygen atoms in total. The van der Waals surface area contributed by atoms with Gasteiger partial charge in [0, 0.05) is 0 Å². The summed E-state index contributed by atoms with van der Waals surface area (Å²) in [5.74, 6) is 0. The second-order valence-electron chi connectivity index (χ2n) is 5.86. The molecular weight excluding hydrogens is 258 g/mol. The molecule has 0 amide bonds. The number of aromatic nitrogens is 2. The third-order valence-corrected chi connectivity index (χ3v) is 4.59. The zero-order chi connectivity index (χ0) is 14.7. The lowest BCUT2D eigenvalue weighted by Crippen LogP contribution is -2.36. The summed E-state index contributed by atoms with van der Waals surface area (Å²) in [5, 5.41) is 1.13. The summed E-state index contributed by atoms with van der Waals surface area (Å²) in [7, 11) is 0. The summed E-state index contributed by atoms with van der Waals surface area (Å²) in [4.78, 5) is 3.53. The van der Waals surface area contributed by atoms with Gasteiger partial charge in [-0.05, 0) is 49.6 Å². The minimum absolute atomic E-state index is 0.699. The third-order valence-electron chi connectivity index (χ3n) is 4.59. The predicted octanol–water partition coefficient (Wildman–Crippen LogP) is 3.76. The quantitative estimate of drug-likeness (QED) is 0.342. The van der Waals surface area contributed by atoms with Gasteiger partial charge >= 0.3 is 0 Å². The van der Waals surface area contributed by atoms with Crippen molar-refractivity contribution in [2.45, 2.75) is 27.3 Å². The van der Waals surface area contributed by atoms with E-state index in [0.29, 0.717) is 5.69 Å². The first-order valence-electron chi connectivity index (χ1n) is 7.13. The Bertz CT molecular complexity index is 955. The van der Waals surface area contributed by atoms with Crippen LogP contribution in [-0.2, 0) is 6.54 Å². The van der Waals surface area contributed by atoms with Gasteiger partial charge in [-0.1, -0.05) is 12.1 Å². The standard InChI is InChI=1S/C18H16N3/c1-11-7-12(2)16-10-20-9-14-8-15(19-4)5-6-17(14)21(20)18(16)13(11)3/h5-9H,10H2,1-3H3/q+1. The first-order chi connectivity index (χ1) is 10.1. The van der Waals surface area contributed by atoms with Crippen molar-refractivity contribution in [3.05, 3.63) is 64.1 Å². The average Bonchev–Trinajstić information content (AvgIpc) is 3.00. The summed E-state index contributed by atoms with van der Waals surface area (Å²) >= 11 is 0. The molecule has 0 saturated heterocycles. The molecule has 2 aromatic carbocycles. The van der Waals surface area contributed by atoms with Crippen molar-refractivity contribution >= 4 is 16.6 Å². The van der Waals surface area contributed by atoms with Gasteiger partial charge in [0.2, 0.25) is 6.20 Å². The summed E-state index contributed by atoms with van der Waals surface area (Å²) < 4.78 is 4.55. The summed E-state index contributed by atoms with van der Waals surface area (Å²) in [6, 6.07) is 8.21. The van der Waals surface area contributed by atoms with E-state index in [1.807, 2.05) is 12.1 Å². The topological polar surface area (TPSA) is 13.2 Å². The van der Waals surface area contributed by atoms with Crippen molar-refractivity contribution in [3.63, 3.8) is 0 Å². The number of benzene rings is 2. The van der Waals surface area contributed by atoms with E-state index in [1.165, 1.54) is 33.5 Å². The zero-order valence-electron chi connectivity index (χ0n) is 12.4. The Kier molecular flexibility index (Phi) is 2.29. The molecule has 1 aromatic heterocycles. The SMILES string of the molecule is [C-]#[N+]c1ccc2c(c1)c[n+]1n2-c2c(C)c(C)cc(C)c2C1. The number of aryl methyl sites for hydroxylation is 2. The number of rotatable bonds is 0. The number of hydrogen-bond donors (Lipinski definition) is 0. The van der Waals surface area contributed by atoms with Crippen LogP contribution in [0.1, 0.15) is 22.3 Å². The third kappa shape index (κ3) is 1.50. The Hall–Kier alpha value is -2.60. The van der Waals surface area contributed by atoms with Gasteiger partial charge in [-0.2, -0.15) is 0 Å². The number of hydrogen-bond acceptors (Lipinski definition) is 0. The Labute approximate surface area is 123 Å². The first kappa shape index (κ1) is 12.2. The highest BCUT2D eigenvalue weighted by molar-refractivity contribution is 5.84. The fourth-order valence-electron chi connectivity index (χ4n) is 3.40. The Morgan fingerprint density at radius 1 is 1.14 bits per heavy atom. The maximum atomic E-state index is 7.16. The minimum Gasteiger partial charge on any atom is -0.238 e. The molecule has 1 aliphatic rings. The molecule has 0 saturated carbocycles. The van der Waals surface area contributed by atoms with Gasteiger partial charge in [-0.3, -0.25) is 0 Å². The summed E-state index contributed by atoms with van der Waals surface area (Å²) in [5.41, 5.74) is 8.63. The van der Waals surface area contributed by atoms with Crippen LogP contribution in [-0.4, -0.2) is 4.68 Å². The van der Waals surface area contributed by atoms with Crippen molar-refractivity contribution < 1.29 is 4.68 Å². The van der Waals surface area contributed by atoms with Gasteiger partial charge in [0.1, 0.15) is 11.2 Å². The van der Waals surface area contributed by atoms with Crippen LogP contribution in [0.2, 0.25) is 0 Å². The second-order valence-corrected chi connectivity index (χ2v) is 5.86. The molecule has 4 rings (SSSR count). The van der Waals surface area contributed by atoms with Crippen LogP contribution >= 0.6 is 0 Å². The lowest BCUT2D eigenvalue weighted by atomic mass is 9.98. The van der Waals surface area contributed by atoms with Crippen LogP contribution in [0.3, 0.4) is 0 Å². The maximum Gasteiger partial charge on any atom is 0.203 e. The Balaban J connectivity index is 2.10. The highest BCUT2D eigenvalue weighted by Crippen LogP contribution is 2.32. The first-order valence-corrected chi connectivity index (χ1v) is 7.13. The van der Waals surface area contributed by atoms with E-state index in [9.17, 15) is 0 Å². The molecule has 3 heteroatoms. The van der Waals surface area contributed by atoms with E-state index >= 15 is 0 Å². The molecule has 2 heterocycles. The van der Waals surface area contributed by atoms with Crippen LogP contribution < -0.4 is 4.68 Å². The van der Waals surface area contributed by atoms with Gasteiger partial charge in [0.05, 0.1) is 17.5 Å². The van der Waals surface area contributed by atoms with Crippen LogP contribution in [0.4, 0.5) is 5.69 Å². The van der Waals surface area contributed by atoms with E-state index in [-0.39, 0.29) is 0 Å². The summed E-state index contributed by atoms with van der Waals surface area (Å²) in [6.07, 6.45) is 2.15. The lowest BCUT2D eigenvalue weighted by Gasteiger charge is -2.08. The molecule has 21 heavy (non-hydrogen) atoms. The van der Waals surface area contributed by atoms with Crippen LogP contribution in [0, 0.1) is 27.3 Å². The van der Waals surface area contributed by atoms with Crippen molar-refractivity contribution in [1.29, 1.82) is 0 Å². The fourth-order valence-corrected chi connectivity index (χ4v) is 3.40. The van der Waals surface area contributed by atoms with Crippen molar-refractivity contribution in [3.8, 4) is 5.69 Å². The molecule has 0 N–H and O–H groups in total. The normalized spacial score (nSPS) is 12.3. The van der Waals surface area contributed by atoms with Crippen molar-refractivity contribution in [2.75, 3.05) is 0 Å². The predicted molar refractivity (Wildman–Crippen MR) is 83.0 cm³/mol. The molecule has 0 unspecified atom stereocenters. The molecule has 1 aliphatic heterocycles. The van der Waals surface area contributed by atoms with Crippen LogP contribution in [0.25, 0.3) is 21.4 Å². The molecule has 0 spiro atoms. The van der Waals surface area contributed by atoms with Crippen LogP contribution in [0.5, 0.6) is 0 Å². The molecule has 0 fully saturated rings. The van der Waals surface area contributed by atoms with Gasteiger partial charge < -0.3 is 0 Å². The van der Waals surface area contributed by atoms with E-state index in [4.69, 9.17) is 6.57 Å². The lowest BCUT2D eigenvalue weighted by molar-refractivity contribution is -0.749. The highest BCUT2D eigenvalue weighted by Gasteiger charge is 2.31. The minimum atomic E-state index is 0.699. The maximum absolute atomic E-state index is 7.16. The molecule has 0 aliphatic carbocycles. The van der Waals surface area contributed by atoms with E-state index < -0.39 is 0 Å². The molecule has 0 atom stereocenters. The monoisotopic (exact) mass is 274 g/mol. The smallest absolute Gasteiger partial charge is 0.203 e. The molecular formula is C18H16N3+. The Morgan fingerprint density at radius 2 is 1.95 bits per heavy atom. The van der Waals surface area contributed by atoms with Crippen LogP contribution in [0.15, 0.2) is 30.5 Å². The number of fused-ring (bicyclic) bond motifs is 5.